The van der Waals surface area contributed by atoms with Crippen LogP contribution in [-0.2, 0) is 14.3 Å². The molecule has 0 radical (unpaired) electrons. The van der Waals surface area contributed by atoms with Crippen molar-refractivity contribution in [3.8, 4) is 0 Å². The first-order valence-electron chi connectivity index (χ1n) is 11.1. The molecule has 0 rings (SSSR count). The van der Waals surface area contributed by atoms with E-state index in [2.05, 4.69) is 21.3 Å². The normalized spacial score (nSPS) is 13.3. The van der Waals surface area contributed by atoms with Crippen molar-refractivity contribution < 1.29 is 33.8 Å². The molecular formula is C21H41N5O7. The molecule has 0 aromatic rings. The van der Waals surface area contributed by atoms with Gasteiger partial charge in [0.2, 0.25) is 5.91 Å². The number of nitrogens with two attached hydrogens (primary N) is 1. The van der Waals surface area contributed by atoms with Crippen molar-refractivity contribution in [3.63, 3.8) is 0 Å². The Bertz CT molecular complexity index is 644. The van der Waals surface area contributed by atoms with E-state index in [4.69, 9.17) is 20.3 Å². The van der Waals surface area contributed by atoms with Crippen LogP contribution in [0.4, 0.5) is 14.4 Å². The molecule has 0 unspecified atom stereocenters. The van der Waals surface area contributed by atoms with Crippen LogP contribution < -0.4 is 27.0 Å². The number of carboxylic acid groups (broad SMARTS) is 1. The predicted octanol–water partition coefficient (Wildman–Crippen LogP) is 1.68. The number of carbonyl (C=O) groups is 4. The minimum atomic E-state index is -1.13. The minimum Gasteiger partial charge on any atom is -0.465 e. The van der Waals surface area contributed by atoms with Crippen molar-refractivity contribution in [3.05, 3.63) is 0 Å². The first-order valence-corrected chi connectivity index (χ1v) is 11.1. The number of hydrogen-bond donors (Lipinski definition) is 6. The Morgan fingerprint density at radius 1 is 0.818 bits per heavy atom. The molecule has 192 valence electrons. The zero-order valence-electron chi connectivity index (χ0n) is 20.6. The molecule has 12 nitrogen and oxygen atoms in total. The van der Waals surface area contributed by atoms with Crippen molar-refractivity contribution in [2.24, 2.45) is 5.73 Å². The van der Waals surface area contributed by atoms with Gasteiger partial charge in [-0.3, -0.25) is 4.79 Å². The fraction of sp³-hybridized carbons (Fsp3) is 0.810. The van der Waals surface area contributed by atoms with Crippen LogP contribution >= 0.6 is 0 Å². The van der Waals surface area contributed by atoms with E-state index < -0.39 is 47.5 Å². The van der Waals surface area contributed by atoms with Crippen LogP contribution in [0.2, 0.25) is 0 Å². The van der Waals surface area contributed by atoms with E-state index in [1.807, 2.05) is 0 Å². The first kappa shape index (κ1) is 30.2. The number of amides is 4. The summed E-state index contributed by atoms with van der Waals surface area (Å²) in [5, 5.41) is 18.8. The van der Waals surface area contributed by atoms with E-state index in [0.717, 1.165) is 0 Å². The number of hydrogen-bond acceptors (Lipinski definition) is 7. The molecule has 0 aliphatic rings. The van der Waals surface area contributed by atoms with Crippen molar-refractivity contribution >= 4 is 24.2 Å². The Morgan fingerprint density at radius 2 is 1.33 bits per heavy atom. The van der Waals surface area contributed by atoms with Gasteiger partial charge in [0.1, 0.15) is 11.2 Å². The minimum absolute atomic E-state index is 0.117. The Kier molecular flexibility index (Phi) is 13.2. The van der Waals surface area contributed by atoms with Gasteiger partial charge in [0.05, 0.1) is 6.04 Å². The van der Waals surface area contributed by atoms with E-state index in [0.29, 0.717) is 32.2 Å². The van der Waals surface area contributed by atoms with Gasteiger partial charge in [0, 0.05) is 25.7 Å². The molecular weight excluding hydrogens is 434 g/mol. The van der Waals surface area contributed by atoms with E-state index >= 15 is 0 Å². The van der Waals surface area contributed by atoms with Crippen molar-refractivity contribution in [1.29, 1.82) is 0 Å². The number of alkyl carbamates (subject to hydrolysis) is 2. The van der Waals surface area contributed by atoms with Gasteiger partial charge in [-0.05, 0) is 67.2 Å². The first-order chi connectivity index (χ1) is 15.1. The molecule has 0 aliphatic carbocycles. The van der Waals surface area contributed by atoms with Gasteiger partial charge in [-0.15, -0.1) is 0 Å². The molecule has 0 bridgehead atoms. The van der Waals surface area contributed by atoms with Crippen molar-refractivity contribution in [2.45, 2.75) is 90.5 Å². The maximum absolute atomic E-state index is 12.3. The van der Waals surface area contributed by atoms with Crippen molar-refractivity contribution in [2.75, 3.05) is 19.6 Å². The van der Waals surface area contributed by atoms with Gasteiger partial charge in [0.15, 0.2) is 0 Å². The van der Waals surface area contributed by atoms with Gasteiger partial charge in [0.25, 0.3) is 0 Å². The largest absolute Gasteiger partial charge is 0.465 e. The van der Waals surface area contributed by atoms with Gasteiger partial charge in [-0.2, -0.15) is 0 Å². The highest BCUT2D eigenvalue weighted by molar-refractivity contribution is 5.81. The summed E-state index contributed by atoms with van der Waals surface area (Å²) in [4.78, 5) is 46.6. The highest BCUT2D eigenvalue weighted by atomic mass is 16.6. The summed E-state index contributed by atoms with van der Waals surface area (Å²) < 4.78 is 10.4. The summed E-state index contributed by atoms with van der Waals surface area (Å²) in [5.74, 6) is -0.409. The highest BCUT2D eigenvalue weighted by Crippen LogP contribution is 2.08. The highest BCUT2D eigenvalue weighted by Gasteiger charge is 2.21. The third-order valence-electron chi connectivity index (χ3n) is 3.95. The molecule has 0 aliphatic heterocycles. The molecule has 2 atom stereocenters. The van der Waals surface area contributed by atoms with E-state index in [-0.39, 0.29) is 13.1 Å². The smallest absolute Gasteiger partial charge is 0.407 e. The average molecular weight is 476 g/mol. The molecule has 0 saturated heterocycles. The second-order valence-electron chi connectivity index (χ2n) is 9.64. The SMILES string of the molecule is CC(C)(C)OC(=O)NCCC[C@@H](CNC(=O)[C@@H](N)CCCNC(=O)O)NC(=O)OC(C)(C)C. The lowest BCUT2D eigenvalue weighted by atomic mass is 10.1. The second kappa shape index (κ2) is 14.4. The molecule has 7 N–H and O–H groups in total. The van der Waals surface area contributed by atoms with Crippen LogP contribution in [0.15, 0.2) is 0 Å². The van der Waals surface area contributed by atoms with Gasteiger partial charge >= 0.3 is 18.3 Å². The lowest BCUT2D eigenvalue weighted by Gasteiger charge is -2.24. The Balaban J connectivity index is 4.63. The summed E-state index contributed by atoms with van der Waals surface area (Å²) in [5.41, 5.74) is 4.57. The maximum atomic E-state index is 12.3. The standard InChI is InChI=1S/C21H41N5O7/c1-20(2,3)32-18(30)24-12-7-9-14(26-19(31)33-21(4,5)6)13-25-16(27)15(22)10-8-11-23-17(28)29/h14-15,23H,7-13,22H2,1-6H3,(H,24,30)(H,25,27)(H,26,31)(H,28,29)/t14-,15-/m0/s1. The summed E-state index contributed by atoms with van der Waals surface area (Å²) in [6, 6.07) is -1.26. The summed E-state index contributed by atoms with van der Waals surface area (Å²) in [6.45, 7) is 11.2. The number of rotatable bonds is 12. The fourth-order valence-corrected chi connectivity index (χ4v) is 2.56. The lowest BCUT2D eigenvalue weighted by Crippen LogP contribution is -2.49. The monoisotopic (exact) mass is 475 g/mol. The number of nitrogens with one attached hydrogen (secondary N) is 4. The number of ether oxygens (including phenoxy) is 2. The van der Waals surface area contributed by atoms with Crippen LogP contribution in [0.25, 0.3) is 0 Å². The molecule has 0 heterocycles. The van der Waals surface area contributed by atoms with Crippen LogP contribution in [-0.4, -0.2) is 72.2 Å². The van der Waals surface area contributed by atoms with Crippen molar-refractivity contribution in [1.82, 2.24) is 21.3 Å². The van der Waals surface area contributed by atoms with Gasteiger partial charge in [-0.1, -0.05) is 0 Å². The lowest BCUT2D eigenvalue weighted by molar-refractivity contribution is -0.122. The quantitative estimate of drug-likeness (QED) is 0.230. The molecule has 0 spiro atoms. The van der Waals surface area contributed by atoms with E-state index in [9.17, 15) is 19.2 Å². The Labute approximate surface area is 195 Å². The Hall–Kier alpha value is -2.76. The summed E-state index contributed by atoms with van der Waals surface area (Å²) >= 11 is 0. The van der Waals surface area contributed by atoms with Crippen LogP contribution in [0.5, 0.6) is 0 Å². The predicted molar refractivity (Wildman–Crippen MR) is 123 cm³/mol. The molecule has 33 heavy (non-hydrogen) atoms. The summed E-state index contributed by atoms with van der Waals surface area (Å²) in [6.07, 6.45) is -0.602. The van der Waals surface area contributed by atoms with E-state index in [1.165, 1.54) is 0 Å². The third-order valence-corrected chi connectivity index (χ3v) is 3.95. The maximum Gasteiger partial charge on any atom is 0.407 e. The van der Waals surface area contributed by atoms with E-state index in [1.54, 1.807) is 41.5 Å². The Morgan fingerprint density at radius 3 is 1.88 bits per heavy atom. The zero-order chi connectivity index (χ0) is 25.7. The molecule has 4 amide bonds. The topological polar surface area (TPSA) is 181 Å². The average Bonchev–Trinajstić information content (AvgIpc) is 2.62. The van der Waals surface area contributed by atoms with Crippen LogP contribution in [0, 0.1) is 0 Å². The van der Waals surface area contributed by atoms with Gasteiger partial charge < -0.3 is 41.6 Å². The molecule has 0 aromatic heterocycles. The fourth-order valence-electron chi connectivity index (χ4n) is 2.56. The molecule has 0 aromatic carbocycles. The number of carbonyl (C=O) groups excluding carboxylic acids is 3. The van der Waals surface area contributed by atoms with Crippen LogP contribution in [0.1, 0.15) is 67.2 Å². The summed E-state index contributed by atoms with van der Waals surface area (Å²) in [7, 11) is 0. The van der Waals surface area contributed by atoms with Crippen LogP contribution in [0.3, 0.4) is 0 Å². The van der Waals surface area contributed by atoms with Gasteiger partial charge in [-0.25, -0.2) is 14.4 Å². The zero-order valence-corrected chi connectivity index (χ0v) is 20.6. The third kappa shape index (κ3) is 18.5. The molecule has 12 heteroatoms. The second-order valence-corrected chi connectivity index (χ2v) is 9.64. The molecule has 0 saturated carbocycles. The molecule has 0 fully saturated rings.